The molecule has 2 aliphatic rings. The number of phenols is 1. The predicted molar refractivity (Wildman–Crippen MR) is 192 cm³/mol. The van der Waals surface area contributed by atoms with Crippen molar-refractivity contribution in [1.82, 2.24) is 9.47 Å². The minimum Gasteiger partial charge on any atom is -0.508 e. The summed E-state index contributed by atoms with van der Waals surface area (Å²) in [5.41, 5.74) is 4.59. The summed E-state index contributed by atoms with van der Waals surface area (Å²) >= 11 is 0. The Kier molecular flexibility index (Phi) is 9.10. The van der Waals surface area contributed by atoms with Crippen LogP contribution >= 0.6 is 0 Å². The number of ether oxygens (including phenoxy) is 2. The maximum absolute atomic E-state index is 14.0. The Labute approximate surface area is 284 Å². The highest BCUT2D eigenvalue weighted by molar-refractivity contribution is 6.12. The van der Waals surface area contributed by atoms with Gasteiger partial charge in [-0.25, -0.2) is 4.79 Å². The number of hydrogen-bond donors (Lipinski definition) is 1. The molecular weight excluding hydrogens is 614 g/mol. The van der Waals surface area contributed by atoms with Crippen LogP contribution in [0.15, 0.2) is 108 Å². The standard InChI is InChI=1S/C41H37N3O5/c1-2-3-25-48-40(47)33-14-7-9-15-35(33)42-41-43(24-23-28-17-20-31(45)21-18-28)39(46)38(49-41)27-29-19-22-37-34(26-29)32-13-8-10-16-36(32)44(37)30-11-5-4-6-12-30/h4-7,9,11-22,26-27,45H,2-3,8,10,23-25H2,1H3/b38-27+,42-41?. The number of unbranched alkanes of at least 4 members (excludes halogenated alkanes) is 1. The van der Waals surface area contributed by atoms with E-state index < -0.39 is 5.97 Å². The summed E-state index contributed by atoms with van der Waals surface area (Å²) in [6, 6.07) is 30.4. The Bertz CT molecular complexity index is 2220. The summed E-state index contributed by atoms with van der Waals surface area (Å²) in [4.78, 5) is 33.1. The van der Waals surface area contributed by atoms with Crippen LogP contribution in [0, 0.1) is 0 Å². The fraction of sp³-hybridized carbons (Fsp3) is 0.195. The Morgan fingerprint density at radius 2 is 1.73 bits per heavy atom. The van der Waals surface area contributed by atoms with Gasteiger partial charge in [0.1, 0.15) is 5.75 Å². The average molecular weight is 652 g/mol. The highest BCUT2D eigenvalue weighted by Gasteiger charge is 2.35. The SMILES string of the molecule is CCCCOC(=O)c1ccccc1N=C1O/C(=C/c2ccc3c(c2)c2c(n3-c3ccccc3)=CCCC=2)C(=O)N1CCc1ccc(O)cc1. The zero-order chi connectivity index (χ0) is 33.7. The number of phenolic OH excluding ortho intramolecular Hbond substituents is 1. The van der Waals surface area contributed by atoms with Crippen molar-refractivity contribution < 1.29 is 24.2 Å². The van der Waals surface area contributed by atoms with Crippen LogP contribution in [-0.4, -0.2) is 45.6 Å². The second-order valence-electron chi connectivity index (χ2n) is 12.1. The lowest BCUT2D eigenvalue weighted by molar-refractivity contribution is -0.122. The van der Waals surface area contributed by atoms with E-state index in [0.717, 1.165) is 53.4 Å². The van der Waals surface area contributed by atoms with Gasteiger partial charge in [0.2, 0.25) is 0 Å². The van der Waals surface area contributed by atoms with E-state index in [-0.39, 0.29) is 30.0 Å². The van der Waals surface area contributed by atoms with Crippen LogP contribution in [0.25, 0.3) is 34.8 Å². The summed E-state index contributed by atoms with van der Waals surface area (Å²) in [6.07, 6.45) is 10.4. The molecule has 1 N–H and O–H groups in total. The lowest BCUT2D eigenvalue weighted by Gasteiger charge is -2.14. The molecule has 8 heteroatoms. The molecule has 1 saturated heterocycles. The van der Waals surface area contributed by atoms with Crippen molar-refractivity contribution in [2.24, 2.45) is 4.99 Å². The molecule has 7 rings (SSSR count). The fourth-order valence-electron chi connectivity index (χ4n) is 6.24. The first-order valence-corrected chi connectivity index (χ1v) is 16.7. The van der Waals surface area contributed by atoms with Gasteiger partial charge in [-0.05, 0) is 91.4 Å². The van der Waals surface area contributed by atoms with Crippen LogP contribution < -0.4 is 10.6 Å². The number of carbonyl (C=O) groups is 2. The minimum absolute atomic E-state index is 0.0838. The van der Waals surface area contributed by atoms with Gasteiger partial charge in [0.15, 0.2) is 5.76 Å². The Hall–Kier alpha value is -5.89. The van der Waals surface area contributed by atoms with Crippen molar-refractivity contribution in [3.8, 4) is 11.4 Å². The van der Waals surface area contributed by atoms with E-state index in [1.54, 1.807) is 42.5 Å². The molecule has 49 heavy (non-hydrogen) atoms. The Morgan fingerprint density at radius 1 is 0.959 bits per heavy atom. The van der Waals surface area contributed by atoms with E-state index in [4.69, 9.17) is 14.5 Å². The maximum atomic E-state index is 14.0. The molecule has 246 valence electrons. The van der Waals surface area contributed by atoms with Gasteiger partial charge in [-0.2, -0.15) is 4.99 Å². The number of para-hydroxylation sites is 2. The molecule has 0 saturated carbocycles. The number of aromatic nitrogens is 1. The molecule has 1 aromatic heterocycles. The smallest absolute Gasteiger partial charge is 0.340 e. The molecule has 1 aliphatic heterocycles. The normalized spacial score (nSPS) is 15.6. The van der Waals surface area contributed by atoms with E-state index in [0.29, 0.717) is 24.3 Å². The zero-order valence-electron chi connectivity index (χ0n) is 27.3. The van der Waals surface area contributed by atoms with Gasteiger partial charge < -0.3 is 19.1 Å². The monoisotopic (exact) mass is 651 g/mol. The van der Waals surface area contributed by atoms with Crippen molar-refractivity contribution in [2.45, 2.75) is 39.0 Å². The van der Waals surface area contributed by atoms with Crippen LogP contribution in [0.1, 0.15) is 54.1 Å². The van der Waals surface area contributed by atoms with Crippen LogP contribution in [0.2, 0.25) is 0 Å². The first kappa shape index (κ1) is 31.7. The van der Waals surface area contributed by atoms with Gasteiger partial charge in [0, 0.05) is 28.2 Å². The zero-order valence-corrected chi connectivity index (χ0v) is 27.3. The average Bonchev–Trinajstić information content (AvgIpc) is 3.61. The molecular formula is C41H37N3O5. The topological polar surface area (TPSA) is 93.4 Å². The molecule has 2 heterocycles. The number of aromatic hydroxyl groups is 1. The van der Waals surface area contributed by atoms with Gasteiger partial charge in [0.25, 0.3) is 5.91 Å². The quantitative estimate of drug-likeness (QED) is 0.102. The number of hydrogen-bond acceptors (Lipinski definition) is 6. The lowest BCUT2D eigenvalue weighted by Crippen LogP contribution is -2.32. The molecule has 5 aromatic rings. The molecule has 1 amide bonds. The van der Waals surface area contributed by atoms with Gasteiger partial charge in [-0.3, -0.25) is 9.69 Å². The molecule has 1 aliphatic carbocycles. The molecule has 0 atom stereocenters. The Morgan fingerprint density at radius 3 is 2.55 bits per heavy atom. The summed E-state index contributed by atoms with van der Waals surface area (Å²) in [6.45, 7) is 2.63. The van der Waals surface area contributed by atoms with Crippen LogP contribution in [-0.2, 0) is 20.7 Å². The van der Waals surface area contributed by atoms with Crippen molar-refractivity contribution in [3.63, 3.8) is 0 Å². The van der Waals surface area contributed by atoms with E-state index in [1.807, 2.05) is 43.3 Å². The lowest BCUT2D eigenvalue weighted by atomic mass is 10.1. The third-order valence-electron chi connectivity index (χ3n) is 8.75. The molecule has 8 nitrogen and oxygen atoms in total. The fourth-order valence-corrected chi connectivity index (χ4v) is 6.24. The number of amidine groups is 1. The number of amides is 1. The number of benzene rings is 4. The van der Waals surface area contributed by atoms with Crippen molar-refractivity contribution in [2.75, 3.05) is 13.2 Å². The van der Waals surface area contributed by atoms with E-state index in [2.05, 4.69) is 41.0 Å². The highest BCUT2D eigenvalue weighted by Crippen LogP contribution is 2.27. The summed E-state index contributed by atoms with van der Waals surface area (Å²) < 4.78 is 14.0. The number of rotatable bonds is 10. The summed E-state index contributed by atoms with van der Waals surface area (Å²) in [7, 11) is 0. The van der Waals surface area contributed by atoms with Crippen molar-refractivity contribution in [1.29, 1.82) is 0 Å². The van der Waals surface area contributed by atoms with E-state index in [9.17, 15) is 14.7 Å². The van der Waals surface area contributed by atoms with E-state index in [1.165, 1.54) is 15.5 Å². The predicted octanol–water partition coefficient (Wildman–Crippen LogP) is 6.78. The number of carbonyl (C=O) groups excluding carboxylic acids is 2. The number of aliphatic imine (C=N–C) groups is 1. The third kappa shape index (κ3) is 6.63. The molecule has 4 aromatic carbocycles. The van der Waals surface area contributed by atoms with Crippen LogP contribution in [0.4, 0.5) is 5.69 Å². The van der Waals surface area contributed by atoms with Crippen LogP contribution in [0.5, 0.6) is 5.75 Å². The third-order valence-corrected chi connectivity index (χ3v) is 8.75. The highest BCUT2D eigenvalue weighted by atomic mass is 16.5. The first-order valence-electron chi connectivity index (χ1n) is 16.7. The molecule has 0 radical (unpaired) electrons. The van der Waals surface area contributed by atoms with Gasteiger partial charge >= 0.3 is 12.0 Å². The van der Waals surface area contributed by atoms with Gasteiger partial charge in [-0.1, -0.05) is 74.0 Å². The second-order valence-corrected chi connectivity index (χ2v) is 12.1. The number of fused-ring (bicyclic) bond motifs is 3. The van der Waals surface area contributed by atoms with Gasteiger partial charge in [0.05, 0.1) is 23.4 Å². The van der Waals surface area contributed by atoms with Crippen LogP contribution in [0.3, 0.4) is 0 Å². The minimum atomic E-state index is -0.475. The number of nitrogens with zero attached hydrogens (tertiary/aromatic N) is 3. The number of esters is 1. The van der Waals surface area contributed by atoms with Crippen molar-refractivity contribution >= 4 is 52.7 Å². The Balaban J connectivity index is 1.26. The first-order chi connectivity index (χ1) is 24.0. The molecule has 0 bridgehead atoms. The van der Waals surface area contributed by atoms with Gasteiger partial charge in [-0.15, -0.1) is 0 Å². The molecule has 1 fully saturated rings. The summed E-state index contributed by atoms with van der Waals surface area (Å²) in [5, 5.41) is 13.2. The largest absolute Gasteiger partial charge is 0.508 e. The second kappa shape index (κ2) is 14.1. The van der Waals surface area contributed by atoms with E-state index >= 15 is 0 Å². The molecule has 0 spiro atoms. The molecule has 0 unspecified atom stereocenters. The maximum Gasteiger partial charge on any atom is 0.340 e. The summed E-state index contributed by atoms with van der Waals surface area (Å²) in [5.74, 6) is -0.493. The van der Waals surface area contributed by atoms with Crippen molar-refractivity contribution in [3.05, 3.63) is 130 Å².